The van der Waals surface area contributed by atoms with Gasteiger partial charge >= 0.3 is 0 Å². The highest BCUT2D eigenvalue weighted by atomic mass is 16.5. The first-order valence-corrected chi connectivity index (χ1v) is 15.1. The predicted molar refractivity (Wildman–Crippen MR) is 190 cm³/mol. The number of hydrogen-bond acceptors (Lipinski definition) is 1. The fraction of sp³-hybridized carbons (Fsp3) is 0. The zero-order valence-corrected chi connectivity index (χ0v) is 24.0. The Balaban J connectivity index is 1.19. The first-order chi connectivity index (χ1) is 24.4. The summed E-state index contributed by atoms with van der Waals surface area (Å²) in [7, 11) is 0. The summed E-state index contributed by atoms with van der Waals surface area (Å²) in [5, 5.41) is 10.1. The van der Waals surface area contributed by atoms with Crippen molar-refractivity contribution in [1.29, 1.82) is 0 Å². The van der Waals surface area contributed by atoms with E-state index in [2.05, 4.69) is 84.9 Å². The Bertz CT molecular complexity index is 2940. The summed E-state index contributed by atoms with van der Waals surface area (Å²) in [4.78, 5) is 0. The van der Waals surface area contributed by atoms with Gasteiger partial charge in [0.25, 0.3) is 0 Å². The Morgan fingerprint density at radius 1 is 0.422 bits per heavy atom. The van der Waals surface area contributed by atoms with E-state index in [4.69, 9.17) is 11.6 Å². The molecule has 0 N–H and O–H groups in total. The van der Waals surface area contributed by atoms with E-state index in [0.717, 1.165) is 87.6 Å². The van der Waals surface area contributed by atoms with Crippen molar-refractivity contribution in [2.45, 2.75) is 0 Å². The molecule has 0 aliphatic carbocycles. The van der Waals surface area contributed by atoms with Gasteiger partial charge in [0.15, 0.2) is 0 Å². The minimum absolute atomic E-state index is 0.202. The molecule has 0 spiro atoms. The topological polar surface area (TPSA) is 9.23 Å². The van der Waals surface area contributed by atoms with E-state index in [0.29, 0.717) is 5.56 Å². The molecule has 0 fully saturated rings. The van der Waals surface area contributed by atoms with Crippen LogP contribution in [-0.4, -0.2) is 0 Å². The number of fused-ring (bicyclic) bond motifs is 8. The second-order valence-corrected chi connectivity index (χ2v) is 11.7. The fourth-order valence-corrected chi connectivity index (χ4v) is 7.30. The van der Waals surface area contributed by atoms with E-state index < -0.39 is 6.04 Å². The molecule has 0 radical (unpaired) electrons. The van der Waals surface area contributed by atoms with Crippen LogP contribution in [-0.2, 0) is 0 Å². The van der Waals surface area contributed by atoms with Crippen molar-refractivity contribution in [3.05, 3.63) is 158 Å². The molecule has 0 bridgehead atoms. The van der Waals surface area contributed by atoms with E-state index in [1.807, 2.05) is 42.5 Å². The first-order valence-electron chi connectivity index (χ1n) is 17.6. The summed E-state index contributed by atoms with van der Waals surface area (Å²) < 4.78 is 49.2. The number of benzene rings is 9. The molecule has 0 unspecified atom stereocenters. The lowest BCUT2D eigenvalue weighted by Gasteiger charge is -2.24. The van der Waals surface area contributed by atoms with Crippen molar-refractivity contribution >= 4 is 53.9 Å². The van der Waals surface area contributed by atoms with Gasteiger partial charge in [0.05, 0.1) is 6.85 Å². The Kier molecular flexibility index (Phi) is 4.15. The Morgan fingerprint density at radius 2 is 1.16 bits per heavy atom. The molecular formula is C44H26O. The van der Waals surface area contributed by atoms with Crippen LogP contribution >= 0.6 is 0 Å². The van der Waals surface area contributed by atoms with Crippen molar-refractivity contribution in [2.24, 2.45) is 0 Å². The molecule has 0 saturated carbocycles. The first kappa shape index (κ1) is 20.1. The predicted octanol–water partition coefficient (Wildman–Crippen LogP) is 12.6. The third-order valence-electron chi connectivity index (χ3n) is 9.31. The van der Waals surface area contributed by atoms with E-state index in [1.54, 1.807) is 0 Å². The molecule has 1 aliphatic rings. The molecule has 45 heavy (non-hydrogen) atoms. The average Bonchev–Trinajstić information content (AvgIpc) is 3.16. The minimum Gasteiger partial charge on any atom is -0.455 e. The van der Waals surface area contributed by atoms with Gasteiger partial charge in [-0.15, -0.1) is 0 Å². The molecule has 0 aromatic heterocycles. The van der Waals surface area contributed by atoms with E-state index in [-0.39, 0.29) is 29.7 Å². The number of ether oxygens (including phenoxy) is 1. The van der Waals surface area contributed by atoms with Gasteiger partial charge in [-0.05, 0) is 95.2 Å². The highest BCUT2D eigenvalue weighted by Gasteiger charge is 2.23. The van der Waals surface area contributed by atoms with Crippen LogP contribution in [0, 0.1) is 0 Å². The summed E-state index contributed by atoms with van der Waals surface area (Å²) in [5.74, 6) is 1.74. The molecule has 10 rings (SSSR count). The van der Waals surface area contributed by atoms with Gasteiger partial charge < -0.3 is 4.74 Å². The highest BCUT2D eigenvalue weighted by Crippen LogP contribution is 2.51. The molecular weight excluding hydrogens is 544 g/mol. The molecule has 1 heterocycles. The normalized spacial score (nSPS) is 13.7. The standard InChI is InChI=1S/C44H26O/c1-2-10-28(11-3-1)42-34-13-6-5-12-29(34)26-40-33-20-18-30(25-31(33)19-21-38(40)42)32-23-24-41-43-36(32)15-8-16-37(43)39-22-17-27-9-4-7-14-35(27)44(39)45-41/h1-26H/i1D,2D,3D,10D,11D. The second-order valence-electron chi connectivity index (χ2n) is 11.7. The van der Waals surface area contributed by atoms with E-state index in [1.165, 1.54) is 0 Å². The van der Waals surface area contributed by atoms with Crippen LogP contribution in [0.5, 0.6) is 11.5 Å². The Hall–Kier alpha value is -5.92. The minimum atomic E-state index is -0.394. The van der Waals surface area contributed by atoms with Crippen LogP contribution in [0.2, 0.25) is 0 Å². The van der Waals surface area contributed by atoms with Crippen molar-refractivity contribution in [2.75, 3.05) is 0 Å². The Labute approximate surface area is 267 Å². The number of rotatable bonds is 2. The maximum atomic E-state index is 8.82. The largest absolute Gasteiger partial charge is 0.455 e. The van der Waals surface area contributed by atoms with E-state index >= 15 is 0 Å². The monoisotopic (exact) mass is 575 g/mol. The molecule has 1 aliphatic heterocycles. The van der Waals surface area contributed by atoms with Crippen LogP contribution in [0.25, 0.3) is 87.2 Å². The summed E-state index contributed by atoms with van der Waals surface area (Å²) in [6, 6.07) is 42.4. The summed E-state index contributed by atoms with van der Waals surface area (Å²) in [6.45, 7) is 0. The second kappa shape index (κ2) is 9.29. The van der Waals surface area contributed by atoms with E-state index in [9.17, 15) is 0 Å². The maximum Gasteiger partial charge on any atom is 0.143 e. The average molecular weight is 576 g/mol. The van der Waals surface area contributed by atoms with Crippen LogP contribution in [0.3, 0.4) is 0 Å². The van der Waals surface area contributed by atoms with Gasteiger partial charge in [-0.2, -0.15) is 0 Å². The zero-order valence-electron chi connectivity index (χ0n) is 29.0. The van der Waals surface area contributed by atoms with Crippen LogP contribution in [0.15, 0.2) is 158 Å². The molecule has 0 atom stereocenters. The van der Waals surface area contributed by atoms with Crippen LogP contribution in [0.4, 0.5) is 0 Å². The molecule has 1 nitrogen and oxygen atoms in total. The maximum absolute atomic E-state index is 8.82. The molecule has 1 heteroatoms. The van der Waals surface area contributed by atoms with Gasteiger partial charge in [-0.1, -0.05) is 133 Å². The number of hydrogen-bond donors (Lipinski definition) is 0. The van der Waals surface area contributed by atoms with Crippen LogP contribution in [0.1, 0.15) is 6.85 Å². The van der Waals surface area contributed by atoms with Gasteiger partial charge in [0, 0.05) is 16.3 Å². The molecule has 9 aromatic carbocycles. The lowest BCUT2D eigenvalue weighted by atomic mass is 9.87. The summed E-state index contributed by atoms with van der Waals surface area (Å²) in [6.07, 6.45) is 0. The van der Waals surface area contributed by atoms with Crippen molar-refractivity contribution in [1.82, 2.24) is 0 Å². The zero-order chi connectivity index (χ0) is 33.8. The lowest BCUT2D eigenvalue weighted by molar-refractivity contribution is 0.493. The molecule has 9 aromatic rings. The lowest BCUT2D eigenvalue weighted by Crippen LogP contribution is -1.98. The van der Waals surface area contributed by atoms with Gasteiger partial charge in [0.1, 0.15) is 11.5 Å². The van der Waals surface area contributed by atoms with Crippen molar-refractivity contribution in [3.8, 4) is 44.9 Å². The highest BCUT2D eigenvalue weighted by molar-refractivity contribution is 6.21. The molecule has 208 valence electrons. The summed E-state index contributed by atoms with van der Waals surface area (Å²) >= 11 is 0. The third kappa shape index (κ3) is 3.56. The molecule has 0 saturated heterocycles. The van der Waals surface area contributed by atoms with Gasteiger partial charge in [-0.3, -0.25) is 0 Å². The Morgan fingerprint density at radius 3 is 2.07 bits per heavy atom. The van der Waals surface area contributed by atoms with Crippen LogP contribution < -0.4 is 4.74 Å². The van der Waals surface area contributed by atoms with Gasteiger partial charge in [-0.25, -0.2) is 0 Å². The fourth-order valence-electron chi connectivity index (χ4n) is 7.30. The summed E-state index contributed by atoms with van der Waals surface area (Å²) in [5.41, 5.74) is 5.30. The quantitative estimate of drug-likeness (QED) is 0.147. The smallest absolute Gasteiger partial charge is 0.143 e. The molecule has 0 amide bonds. The SMILES string of the molecule is [2H]c1c([2H])c([2H])c(-c2c3ccccc3cc3c2ccc2cc(-c4ccc5c6c(cccc46)-c4ccc6ccccc6c4O5)ccc23)c([2H])c1[2H]. The van der Waals surface area contributed by atoms with Crippen molar-refractivity contribution in [3.63, 3.8) is 0 Å². The van der Waals surface area contributed by atoms with Crippen molar-refractivity contribution < 1.29 is 11.6 Å². The third-order valence-corrected chi connectivity index (χ3v) is 9.31. The van der Waals surface area contributed by atoms with Gasteiger partial charge in [0.2, 0.25) is 0 Å².